The number of thioether (sulfide) groups is 1. The second kappa shape index (κ2) is 6.44. The number of hydrogen-bond acceptors (Lipinski definition) is 3. The number of carbonyl (C=O) groups excluding carboxylic acids is 1. The zero-order chi connectivity index (χ0) is 13.8. The molecule has 1 aliphatic heterocycles. The van der Waals surface area contributed by atoms with E-state index in [1.54, 1.807) is 0 Å². The molecule has 2 rings (SSSR count). The van der Waals surface area contributed by atoms with Crippen molar-refractivity contribution in [3.63, 3.8) is 0 Å². The smallest absolute Gasteiger partial charge is 0.244 e. The second-order valence-corrected chi connectivity index (χ2v) is 6.67. The molecular formula is C15H22N2OS. The zero-order valence-electron chi connectivity index (χ0n) is 11.6. The third-order valence-corrected chi connectivity index (χ3v) is 5.11. The molecule has 0 spiro atoms. The lowest BCUT2D eigenvalue weighted by Crippen LogP contribution is -2.47. The molecule has 0 aromatic heterocycles. The Bertz CT molecular complexity index is 421. The lowest BCUT2D eigenvalue weighted by Gasteiger charge is -2.35. The minimum atomic E-state index is -0.530. The summed E-state index contributed by atoms with van der Waals surface area (Å²) >= 11 is 1.97. The maximum atomic E-state index is 12.5. The van der Waals surface area contributed by atoms with Crippen molar-refractivity contribution in [1.82, 2.24) is 4.90 Å². The molecular weight excluding hydrogens is 256 g/mol. The summed E-state index contributed by atoms with van der Waals surface area (Å²) in [5.74, 6) is 1.65. The van der Waals surface area contributed by atoms with E-state index >= 15 is 0 Å². The van der Waals surface area contributed by atoms with Crippen molar-refractivity contribution in [3.05, 3.63) is 35.9 Å². The first-order valence-electron chi connectivity index (χ1n) is 6.80. The van der Waals surface area contributed by atoms with Crippen LogP contribution < -0.4 is 5.73 Å². The minimum Gasteiger partial charge on any atom is -0.339 e. The van der Waals surface area contributed by atoms with Gasteiger partial charge >= 0.3 is 0 Å². The zero-order valence-corrected chi connectivity index (χ0v) is 12.4. The number of rotatable bonds is 3. The monoisotopic (exact) mass is 278 g/mol. The lowest BCUT2D eigenvalue weighted by atomic mass is 10.1. The van der Waals surface area contributed by atoms with E-state index in [4.69, 9.17) is 5.73 Å². The van der Waals surface area contributed by atoms with Gasteiger partial charge in [-0.3, -0.25) is 4.79 Å². The molecule has 4 heteroatoms. The SMILES string of the molecule is CC(C)[C@@H]1CN(C(=O)[C@@H](N)c2ccccc2)CCS1. The van der Waals surface area contributed by atoms with Crippen molar-refractivity contribution in [2.45, 2.75) is 25.1 Å². The molecule has 0 radical (unpaired) electrons. The van der Waals surface area contributed by atoms with Gasteiger partial charge in [0.15, 0.2) is 0 Å². The van der Waals surface area contributed by atoms with Gasteiger partial charge in [-0.2, -0.15) is 11.8 Å². The molecule has 0 unspecified atom stereocenters. The van der Waals surface area contributed by atoms with E-state index in [9.17, 15) is 4.79 Å². The first-order chi connectivity index (χ1) is 9.09. The third-order valence-electron chi connectivity index (χ3n) is 3.57. The second-order valence-electron chi connectivity index (χ2n) is 5.33. The molecule has 0 bridgehead atoms. The predicted molar refractivity (Wildman–Crippen MR) is 81.0 cm³/mol. The van der Waals surface area contributed by atoms with Crippen LogP contribution in [0, 0.1) is 5.92 Å². The molecule has 1 aromatic carbocycles. The van der Waals surface area contributed by atoms with E-state index in [0.717, 1.165) is 24.4 Å². The van der Waals surface area contributed by atoms with Crippen molar-refractivity contribution in [1.29, 1.82) is 0 Å². The number of hydrogen-bond donors (Lipinski definition) is 1. The summed E-state index contributed by atoms with van der Waals surface area (Å²) < 4.78 is 0. The Morgan fingerprint density at radius 3 is 2.68 bits per heavy atom. The maximum absolute atomic E-state index is 12.5. The van der Waals surface area contributed by atoms with Gasteiger partial charge in [0.2, 0.25) is 5.91 Å². The van der Waals surface area contributed by atoms with Gasteiger partial charge in [0.1, 0.15) is 6.04 Å². The van der Waals surface area contributed by atoms with E-state index in [1.165, 1.54) is 0 Å². The van der Waals surface area contributed by atoms with Gasteiger partial charge in [0, 0.05) is 24.1 Å². The molecule has 19 heavy (non-hydrogen) atoms. The van der Waals surface area contributed by atoms with E-state index < -0.39 is 6.04 Å². The van der Waals surface area contributed by atoms with Gasteiger partial charge in [0.05, 0.1) is 0 Å². The highest BCUT2D eigenvalue weighted by atomic mass is 32.2. The summed E-state index contributed by atoms with van der Waals surface area (Å²) in [6.45, 7) is 6.06. The number of nitrogens with two attached hydrogens (primary N) is 1. The number of amides is 1. The Morgan fingerprint density at radius 2 is 2.05 bits per heavy atom. The normalized spacial score (nSPS) is 21.5. The van der Waals surface area contributed by atoms with Gasteiger partial charge in [-0.25, -0.2) is 0 Å². The molecule has 2 atom stereocenters. The van der Waals surface area contributed by atoms with Gasteiger partial charge in [-0.15, -0.1) is 0 Å². The van der Waals surface area contributed by atoms with Crippen LogP contribution in [-0.4, -0.2) is 34.9 Å². The highest BCUT2D eigenvalue weighted by molar-refractivity contribution is 8.00. The Hall–Kier alpha value is -1.00. The summed E-state index contributed by atoms with van der Waals surface area (Å²) in [4.78, 5) is 14.4. The highest BCUT2D eigenvalue weighted by Gasteiger charge is 2.29. The fraction of sp³-hybridized carbons (Fsp3) is 0.533. The van der Waals surface area contributed by atoms with Gasteiger partial charge in [0.25, 0.3) is 0 Å². The Morgan fingerprint density at radius 1 is 1.37 bits per heavy atom. The first kappa shape index (κ1) is 14.4. The standard InChI is InChI=1S/C15H22N2OS/c1-11(2)13-10-17(8-9-19-13)15(18)14(16)12-6-4-3-5-7-12/h3-7,11,13-14H,8-10,16H2,1-2H3/t13-,14-/m0/s1. The van der Waals surface area contributed by atoms with Crippen LogP contribution in [-0.2, 0) is 4.79 Å². The number of carbonyl (C=O) groups is 1. The fourth-order valence-electron chi connectivity index (χ4n) is 2.28. The van der Waals surface area contributed by atoms with Crippen molar-refractivity contribution in [2.75, 3.05) is 18.8 Å². The molecule has 1 fully saturated rings. The van der Waals surface area contributed by atoms with Crippen LogP contribution in [0.3, 0.4) is 0 Å². The van der Waals surface area contributed by atoms with E-state index in [-0.39, 0.29) is 5.91 Å². The number of nitrogens with zero attached hydrogens (tertiary/aromatic N) is 1. The van der Waals surface area contributed by atoms with Crippen LogP contribution >= 0.6 is 11.8 Å². The summed E-state index contributed by atoms with van der Waals surface area (Å²) in [6, 6.07) is 9.09. The Kier molecular flexibility index (Phi) is 4.88. The van der Waals surface area contributed by atoms with Crippen molar-refractivity contribution >= 4 is 17.7 Å². The van der Waals surface area contributed by atoms with E-state index in [1.807, 2.05) is 47.0 Å². The van der Waals surface area contributed by atoms with Crippen LogP contribution in [0.4, 0.5) is 0 Å². The Balaban J connectivity index is 2.03. The van der Waals surface area contributed by atoms with Gasteiger partial charge < -0.3 is 10.6 Å². The van der Waals surface area contributed by atoms with E-state index in [0.29, 0.717) is 11.2 Å². The van der Waals surface area contributed by atoms with E-state index in [2.05, 4.69) is 13.8 Å². The molecule has 1 amide bonds. The topological polar surface area (TPSA) is 46.3 Å². The number of benzene rings is 1. The molecule has 1 aromatic rings. The van der Waals surface area contributed by atoms with Gasteiger partial charge in [-0.1, -0.05) is 44.2 Å². The van der Waals surface area contributed by atoms with Crippen LogP contribution in [0.5, 0.6) is 0 Å². The van der Waals surface area contributed by atoms with Crippen LogP contribution in [0.25, 0.3) is 0 Å². The average Bonchev–Trinajstić information content (AvgIpc) is 2.46. The molecule has 1 aliphatic rings. The van der Waals surface area contributed by atoms with Crippen molar-refractivity contribution in [2.24, 2.45) is 11.7 Å². The van der Waals surface area contributed by atoms with Crippen molar-refractivity contribution in [3.8, 4) is 0 Å². The molecule has 1 saturated heterocycles. The largest absolute Gasteiger partial charge is 0.339 e. The molecule has 104 valence electrons. The first-order valence-corrected chi connectivity index (χ1v) is 7.85. The summed E-state index contributed by atoms with van der Waals surface area (Å²) in [5.41, 5.74) is 6.99. The predicted octanol–water partition coefficient (Wildman–Crippen LogP) is 2.29. The van der Waals surface area contributed by atoms with Crippen LogP contribution in [0.2, 0.25) is 0 Å². The molecule has 3 nitrogen and oxygen atoms in total. The molecule has 0 aliphatic carbocycles. The third kappa shape index (κ3) is 3.51. The lowest BCUT2D eigenvalue weighted by molar-refractivity contribution is -0.132. The highest BCUT2D eigenvalue weighted by Crippen LogP contribution is 2.26. The summed E-state index contributed by atoms with van der Waals surface area (Å²) in [5, 5.41) is 0.528. The Labute approximate surface area is 119 Å². The fourth-order valence-corrected chi connectivity index (χ4v) is 3.58. The maximum Gasteiger partial charge on any atom is 0.244 e. The summed E-state index contributed by atoms with van der Waals surface area (Å²) in [7, 11) is 0. The average molecular weight is 278 g/mol. The van der Waals surface area contributed by atoms with Crippen LogP contribution in [0.15, 0.2) is 30.3 Å². The van der Waals surface area contributed by atoms with Crippen LogP contribution in [0.1, 0.15) is 25.5 Å². The molecule has 1 heterocycles. The molecule has 0 saturated carbocycles. The van der Waals surface area contributed by atoms with Crippen molar-refractivity contribution < 1.29 is 4.79 Å². The van der Waals surface area contributed by atoms with Gasteiger partial charge in [-0.05, 0) is 11.5 Å². The quantitative estimate of drug-likeness (QED) is 0.922. The minimum absolute atomic E-state index is 0.0529. The summed E-state index contributed by atoms with van der Waals surface area (Å²) in [6.07, 6.45) is 0. The molecule has 2 N–H and O–H groups in total.